The Labute approximate surface area is 241 Å². The van der Waals surface area contributed by atoms with Crippen LogP contribution in [0.15, 0.2) is 42.5 Å². The summed E-state index contributed by atoms with van der Waals surface area (Å²) >= 11 is 0. The van der Waals surface area contributed by atoms with E-state index in [1.54, 1.807) is 18.2 Å². The lowest BCUT2D eigenvalue weighted by molar-refractivity contribution is 0.160. The molecule has 5 rings (SSSR count). The van der Waals surface area contributed by atoms with E-state index in [0.29, 0.717) is 63.4 Å². The van der Waals surface area contributed by atoms with Crippen LogP contribution in [-0.4, -0.2) is 10.2 Å². The van der Waals surface area contributed by atoms with Gasteiger partial charge in [0.1, 0.15) is 0 Å². The van der Waals surface area contributed by atoms with Crippen molar-refractivity contribution in [1.29, 1.82) is 0 Å². The first kappa shape index (κ1) is 30.2. The molecular formula is C34H34F6O2. The number of halogens is 6. The van der Waals surface area contributed by atoms with Gasteiger partial charge in [-0.2, -0.15) is 4.39 Å². The van der Waals surface area contributed by atoms with E-state index in [4.69, 9.17) is 0 Å². The van der Waals surface area contributed by atoms with Crippen LogP contribution in [-0.2, 0) is 0 Å². The Morgan fingerprint density at radius 3 is 1.76 bits per heavy atom. The van der Waals surface area contributed by atoms with Gasteiger partial charge in [0.2, 0.25) is 5.82 Å². The number of hydrogen-bond acceptors (Lipinski definition) is 2. The van der Waals surface area contributed by atoms with E-state index in [0.717, 1.165) is 6.07 Å². The van der Waals surface area contributed by atoms with E-state index in [1.165, 1.54) is 18.2 Å². The van der Waals surface area contributed by atoms with Gasteiger partial charge in [0, 0.05) is 11.1 Å². The predicted molar refractivity (Wildman–Crippen MR) is 149 cm³/mol. The van der Waals surface area contributed by atoms with Crippen LogP contribution in [0.5, 0.6) is 5.75 Å². The minimum atomic E-state index is -1.31. The minimum Gasteiger partial charge on any atom is -0.505 e. The predicted octanol–water partition coefficient (Wildman–Crippen LogP) is 9.85. The van der Waals surface area contributed by atoms with Crippen molar-refractivity contribution in [3.05, 3.63) is 105 Å². The van der Waals surface area contributed by atoms with Crippen LogP contribution in [0.25, 0.3) is 5.57 Å². The van der Waals surface area contributed by atoms with Crippen molar-refractivity contribution >= 4 is 5.57 Å². The Bertz CT molecular complexity index is 1490. The molecule has 0 radical (unpaired) electrons. The molecule has 3 aromatic carbocycles. The highest BCUT2D eigenvalue weighted by Gasteiger charge is 2.31. The molecule has 3 aromatic rings. The molecule has 1 fully saturated rings. The second-order valence-electron chi connectivity index (χ2n) is 11.6. The topological polar surface area (TPSA) is 40.5 Å². The summed E-state index contributed by atoms with van der Waals surface area (Å²) in [4.78, 5) is 0. The highest BCUT2D eigenvalue weighted by atomic mass is 19.2. The van der Waals surface area contributed by atoms with Gasteiger partial charge >= 0.3 is 0 Å². The lowest BCUT2D eigenvalue weighted by atomic mass is 9.75. The molecule has 2 nitrogen and oxygen atoms in total. The zero-order valence-electron chi connectivity index (χ0n) is 23.4. The highest BCUT2D eigenvalue weighted by Crippen LogP contribution is 2.45. The van der Waals surface area contributed by atoms with Crippen molar-refractivity contribution in [3.8, 4) is 5.75 Å². The van der Waals surface area contributed by atoms with Crippen molar-refractivity contribution in [3.63, 3.8) is 0 Å². The molecule has 0 spiro atoms. The number of hydrogen-bond donors (Lipinski definition) is 2. The number of allylic oxidation sites excluding steroid dienone is 2. The van der Waals surface area contributed by atoms with Crippen LogP contribution in [0, 0.1) is 34.9 Å². The summed E-state index contributed by atoms with van der Waals surface area (Å²) < 4.78 is 88.4. The van der Waals surface area contributed by atoms with Gasteiger partial charge in [-0.25, -0.2) is 22.0 Å². The zero-order chi connectivity index (χ0) is 30.1. The van der Waals surface area contributed by atoms with Crippen molar-refractivity contribution in [2.75, 3.05) is 0 Å². The number of benzene rings is 3. The summed E-state index contributed by atoms with van der Waals surface area (Å²) in [6.07, 6.45) is 4.67. The smallest absolute Gasteiger partial charge is 0.200 e. The lowest BCUT2D eigenvalue weighted by Crippen LogP contribution is -2.16. The molecule has 0 aromatic heterocycles. The van der Waals surface area contributed by atoms with Gasteiger partial charge < -0.3 is 10.2 Å². The summed E-state index contributed by atoms with van der Waals surface area (Å²) in [7, 11) is 0. The molecule has 0 bridgehead atoms. The van der Waals surface area contributed by atoms with E-state index >= 15 is 8.78 Å². The van der Waals surface area contributed by atoms with E-state index in [-0.39, 0.29) is 45.6 Å². The normalized spacial score (nSPS) is 21.7. The molecule has 42 heavy (non-hydrogen) atoms. The van der Waals surface area contributed by atoms with Crippen LogP contribution in [0.1, 0.15) is 116 Å². The molecule has 2 unspecified atom stereocenters. The fourth-order valence-corrected chi connectivity index (χ4v) is 6.65. The number of aromatic hydroxyl groups is 1. The summed E-state index contributed by atoms with van der Waals surface area (Å²) in [5.41, 5.74) is 1.32. The van der Waals surface area contributed by atoms with Crippen LogP contribution in [0.2, 0.25) is 0 Å². The first-order valence-corrected chi connectivity index (χ1v) is 14.6. The summed E-state index contributed by atoms with van der Waals surface area (Å²) in [5, 5.41) is 19.5. The Balaban J connectivity index is 1.26. The Morgan fingerprint density at radius 2 is 1.21 bits per heavy atom. The number of phenols is 1. The maximum atomic E-state index is 15.4. The van der Waals surface area contributed by atoms with Gasteiger partial charge in [0.25, 0.3) is 0 Å². The van der Waals surface area contributed by atoms with Crippen molar-refractivity contribution < 1.29 is 36.6 Å². The minimum absolute atomic E-state index is 0.0458. The van der Waals surface area contributed by atoms with Crippen LogP contribution >= 0.6 is 0 Å². The number of aliphatic hydroxyl groups is 1. The molecule has 8 heteroatoms. The average Bonchev–Trinajstić information content (AvgIpc) is 2.99. The first-order chi connectivity index (χ1) is 20.1. The molecule has 0 heterocycles. The molecule has 2 aliphatic carbocycles. The lowest BCUT2D eigenvalue weighted by Gasteiger charge is -2.30. The summed E-state index contributed by atoms with van der Waals surface area (Å²) in [6.45, 7) is 1.85. The van der Waals surface area contributed by atoms with Gasteiger partial charge in [0.05, 0.1) is 6.10 Å². The fraction of sp³-hybridized carbons (Fsp3) is 0.412. The Hall–Kier alpha value is -3.26. The largest absolute Gasteiger partial charge is 0.505 e. The number of aliphatic hydroxyl groups excluding tert-OH is 1. The molecule has 2 aliphatic rings. The third kappa shape index (κ3) is 5.70. The average molecular weight is 589 g/mol. The van der Waals surface area contributed by atoms with Gasteiger partial charge in [-0.05, 0) is 104 Å². The van der Waals surface area contributed by atoms with E-state index in [1.807, 2.05) is 6.92 Å². The standard InChI is InChI=1S/C34H34F6O2/c1-2-3-27(41)26-15-14-24(31(37)33(26)39)20-6-4-18(5-7-20)22-12-13-23(30(36)29(22)35)19-8-10-21(11-9-19)25-16-17-28(42)34(40)32(25)38/h10,12-20,27,41-42H,2-9,11H2,1H3. The van der Waals surface area contributed by atoms with Gasteiger partial charge in [0.15, 0.2) is 34.8 Å². The van der Waals surface area contributed by atoms with Crippen LogP contribution in [0.3, 0.4) is 0 Å². The molecule has 2 N–H and O–H groups in total. The van der Waals surface area contributed by atoms with Gasteiger partial charge in [-0.3, -0.25) is 0 Å². The van der Waals surface area contributed by atoms with E-state index in [9.17, 15) is 27.8 Å². The van der Waals surface area contributed by atoms with Crippen LogP contribution < -0.4 is 0 Å². The van der Waals surface area contributed by atoms with Gasteiger partial charge in [-0.1, -0.05) is 43.7 Å². The molecule has 1 saturated carbocycles. The SMILES string of the molecule is CCCC(O)c1ccc(C2CCC(c3ccc(C4CC=C(c5ccc(O)c(F)c5F)CC4)c(F)c3F)CC2)c(F)c1F. The second-order valence-corrected chi connectivity index (χ2v) is 11.6. The van der Waals surface area contributed by atoms with Crippen LogP contribution in [0.4, 0.5) is 26.3 Å². The molecule has 224 valence electrons. The summed E-state index contributed by atoms with van der Waals surface area (Å²) in [6, 6.07) is 8.57. The van der Waals surface area contributed by atoms with E-state index < -0.39 is 46.8 Å². The van der Waals surface area contributed by atoms with Crippen molar-refractivity contribution in [2.45, 2.75) is 88.6 Å². The maximum Gasteiger partial charge on any atom is 0.200 e. The highest BCUT2D eigenvalue weighted by molar-refractivity contribution is 5.68. The molecule has 2 atom stereocenters. The Kier molecular flexibility index (Phi) is 9.02. The molecular weight excluding hydrogens is 554 g/mol. The van der Waals surface area contributed by atoms with Crippen molar-refractivity contribution in [1.82, 2.24) is 0 Å². The quantitative estimate of drug-likeness (QED) is 0.270. The monoisotopic (exact) mass is 588 g/mol. The third-order valence-corrected chi connectivity index (χ3v) is 9.07. The molecule has 0 amide bonds. The zero-order valence-corrected chi connectivity index (χ0v) is 23.4. The first-order valence-electron chi connectivity index (χ1n) is 14.6. The van der Waals surface area contributed by atoms with Gasteiger partial charge in [-0.15, -0.1) is 0 Å². The maximum absolute atomic E-state index is 15.4. The summed E-state index contributed by atoms with van der Waals surface area (Å²) in [5.74, 6) is -7.83. The number of phenolic OH excluding ortho intramolecular Hbond substituents is 1. The third-order valence-electron chi connectivity index (χ3n) is 9.07. The Morgan fingerprint density at radius 1 is 0.667 bits per heavy atom. The molecule has 0 saturated heterocycles. The molecule has 0 aliphatic heterocycles. The second kappa shape index (κ2) is 12.5. The fourth-order valence-electron chi connectivity index (χ4n) is 6.65. The number of rotatable bonds is 7. The van der Waals surface area contributed by atoms with Crippen molar-refractivity contribution in [2.24, 2.45) is 0 Å². The van der Waals surface area contributed by atoms with E-state index in [2.05, 4.69) is 0 Å².